The molecule has 0 aliphatic rings. The van der Waals surface area contributed by atoms with Crippen molar-refractivity contribution in [3.63, 3.8) is 0 Å². The Morgan fingerprint density at radius 3 is 2.30 bits per heavy atom. The van der Waals surface area contributed by atoms with Crippen LogP contribution in [0.1, 0.15) is 11.1 Å². The van der Waals surface area contributed by atoms with E-state index in [0.717, 1.165) is 5.56 Å². The van der Waals surface area contributed by atoms with Crippen LogP contribution in [0.15, 0.2) is 54.6 Å². The maximum Gasteiger partial charge on any atom is 0.327 e. The summed E-state index contributed by atoms with van der Waals surface area (Å²) in [5.41, 5.74) is 0.578. The second-order valence-electron chi connectivity index (χ2n) is 4.98. The summed E-state index contributed by atoms with van der Waals surface area (Å²) in [6.45, 7) is 0.324. The smallest absolute Gasteiger partial charge is 0.327 e. The second kappa shape index (κ2) is 7.19. The lowest BCUT2D eigenvalue weighted by Crippen LogP contribution is -2.47. The third kappa shape index (κ3) is 4.04. The van der Waals surface area contributed by atoms with E-state index in [9.17, 15) is 13.6 Å². The van der Waals surface area contributed by atoms with Gasteiger partial charge in [-0.25, -0.2) is 0 Å². The average Bonchev–Trinajstić information content (AvgIpc) is 2.54. The molecule has 1 unspecified atom stereocenters. The molecule has 0 heterocycles. The van der Waals surface area contributed by atoms with E-state index in [1.807, 2.05) is 30.3 Å². The Bertz CT molecular complexity index is 645. The van der Waals surface area contributed by atoms with Crippen LogP contribution in [-0.4, -0.2) is 24.2 Å². The van der Waals surface area contributed by atoms with Crippen molar-refractivity contribution < 1.29 is 23.4 Å². The average molecular weight is 321 g/mol. The zero-order valence-electron chi connectivity index (χ0n) is 12.5. The first-order valence-electron chi connectivity index (χ1n) is 7.00. The number of carboxylic acid groups (broad SMARTS) is 1. The summed E-state index contributed by atoms with van der Waals surface area (Å²) in [5.74, 6) is -4.70. The third-order valence-electron chi connectivity index (χ3n) is 3.39. The Labute approximate surface area is 132 Å². The number of benzene rings is 2. The molecule has 2 aromatic carbocycles. The minimum Gasteiger partial charge on any atom is -0.489 e. The van der Waals surface area contributed by atoms with E-state index in [4.69, 9.17) is 9.84 Å². The molecule has 6 heteroatoms. The highest BCUT2D eigenvalue weighted by atomic mass is 19.3. The molecule has 0 aromatic heterocycles. The predicted molar refractivity (Wildman–Crippen MR) is 81.6 cm³/mol. The molecule has 1 atom stereocenters. The minimum absolute atomic E-state index is 0.324. The van der Waals surface area contributed by atoms with Gasteiger partial charge in [0.2, 0.25) is 0 Å². The summed E-state index contributed by atoms with van der Waals surface area (Å²) >= 11 is 0. The Hall–Kier alpha value is -2.47. The van der Waals surface area contributed by atoms with Gasteiger partial charge in [-0.15, -0.1) is 0 Å². The van der Waals surface area contributed by atoms with E-state index in [0.29, 0.717) is 12.4 Å². The highest BCUT2D eigenvalue weighted by molar-refractivity contribution is 5.75. The highest BCUT2D eigenvalue weighted by Gasteiger charge is 2.45. The summed E-state index contributed by atoms with van der Waals surface area (Å²) in [6, 6.07) is 12.6. The van der Waals surface area contributed by atoms with E-state index in [2.05, 4.69) is 5.32 Å². The van der Waals surface area contributed by atoms with Gasteiger partial charge in [0.1, 0.15) is 12.4 Å². The van der Waals surface area contributed by atoms with Gasteiger partial charge < -0.3 is 15.2 Å². The van der Waals surface area contributed by atoms with Gasteiger partial charge in [0.25, 0.3) is 5.92 Å². The second-order valence-corrected chi connectivity index (χ2v) is 4.98. The van der Waals surface area contributed by atoms with Crippen LogP contribution in [-0.2, 0) is 17.3 Å². The number of carboxylic acids is 1. The molecule has 2 rings (SSSR count). The summed E-state index contributed by atoms with van der Waals surface area (Å²) < 4.78 is 33.9. The summed E-state index contributed by atoms with van der Waals surface area (Å²) in [6.07, 6.45) is 0. The Morgan fingerprint density at radius 1 is 1.17 bits per heavy atom. The number of alkyl halides is 2. The van der Waals surface area contributed by atoms with Gasteiger partial charge in [-0.3, -0.25) is 4.79 Å². The minimum atomic E-state index is -3.53. The first-order chi connectivity index (χ1) is 10.9. The van der Waals surface area contributed by atoms with Crippen molar-refractivity contribution in [1.29, 1.82) is 0 Å². The molecule has 2 N–H and O–H groups in total. The number of halogens is 2. The number of likely N-dealkylation sites (N-methyl/N-ethyl adjacent to an activating group) is 1. The molecular formula is C17H17F2NO3. The molecule has 0 fully saturated rings. The normalized spacial score (nSPS) is 12.7. The fourth-order valence-corrected chi connectivity index (χ4v) is 2.14. The molecule has 0 spiro atoms. The number of nitrogens with one attached hydrogen (secondary N) is 1. The first-order valence-corrected chi connectivity index (χ1v) is 7.00. The lowest BCUT2D eigenvalue weighted by molar-refractivity contribution is -0.151. The summed E-state index contributed by atoms with van der Waals surface area (Å²) in [7, 11) is 1.18. The van der Waals surface area contributed by atoms with Crippen LogP contribution in [0, 0.1) is 0 Å². The summed E-state index contributed by atoms with van der Waals surface area (Å²) in [4.78, 5) is 10.9. The molecule has 0 radical (unpaired) electrons. The van der Waals surface area contributed by atoms with Crippen LogP contribution < -0.4 is 10.1 Å². The number of hydrogen-bond acceptors (Lipinski definition) is 3. The molecule has 2 aromatic rings. The van der Waals surface area contributed by atoms with Crippen molar-refractivity contribution in [2.24, 2.45) is 0 Å². The molecule has 0 aliphatic carbocycles. The lowest BCUT2D eigenvalue weighted by Gasteiger charge is -2.23. The molecular weight excluding hydrogens is 304 g/mol. The Kier molecular flexibility index (Phi) is 5.28. The summed E-state index contributed by atoms with van der Waals surface area (Å²) in [5, 5.41) is 11.0. The molecule has 0 saturated heterocycles. The highest BCUT2D eigenvalue weighted by Crippen LogP contribution is 2.33. The number of ether oxygens (including phenoxy) is 1. The number of aliphatic carboxylic acids is 1. The van der Waals surface area contributed by atoms with Crippen molar-refractivity contribution in [3.05, 3.63) is 65.7 Å². The van der Waals surface area contributed by atoms with Crippen molar-refractivity contribution >= 4 is 5.97 Å². The van der Waals surface area contributed by atoms with Crippen LogP contribution in [0.5, 0.6) is 5.75 Å². The zero-order valence-corrected chi connectivity index (χ0v) is 12.5. The largest absolute Gasteiger partial charge is 0.489 e. The Balaban J connectivity index is 2.08. The van der Waals surface area contributed by atoms with Crippen LogP contribution >= 0.6 is 0 Å². The van der Waals surface area contributed by atoms with Crippen molar-refractivity contribution in [1.82, 2.24) is 5.32 Å². The van der Waals surface area contributed by atoms with E-state index < -0.39 is 17.9 Å². The van der Waals surface area contributed by atoms with Crippen LogP contribution in [0.4, 0.5) is 8.78 Å². The zero-order chi connectivity index (χ0) is 16.9. The van der Waals surface area contributed by atoms with E-state index >= 15 is 0 Å². The van der Waals surface area contributed by atoms with Gasteiger partial charge in [0.15, 0.2) is 6.04 Å². The van der Waals surface area contributed by atoms with E-state index in [-0.39, 0.29) is 5.56 Å². The molecule has 23 heavy (non-hydrogen) atoms. The van der Waals surface area contributed by atoms with Gasteiger partial charge in [-0.05, 0) is 36.9 Å². The van der Waals surface area contributed by atoms with Gasteiger partial charge in [-0.2, -0.15) is 8.78 Å². The molecule has 0 aliphatic heterocycles. The van der Waals surface area contributed by atoms with Crippen LogP contribution in [0.3, 0.4) is 0 Å². The lowest BCUT2D eigenvalue weighted by atomic mass is 10.0. The number of rotatable bonds is 7. The van der Waals surface area contributed by atoms with Crippen molar-refractivity contribution in [2.75, 3.05) is 7.05 Å². The SMILES string of the molecule is CNC(C(=O)O)C(F)(F)c1ccc(OCc2ccccc2)cc1. The first kappa shape index (κ1) is 16.9. The van der Waals surface area contributed by atoms with E-state index in [1.165, 1.54) is 31.3 Å². The number of carbonyl (C=O) groups is 1. The predicted octanol–water partition coefficient (Wildman–Crippen LogP) is 3.03. The van der Waals surface area contributed by atoms with Gasteiger partial charge in [-0.1, -0.05) is 30.3 Å². The van der Waals surface area contributed by atoms with Crippen molar-refractivity contribution in [2.45, 2.75) is 18.6 Å². The molecule has 0 amide bonds. The molecule has 0 bridgehead atoms. The van der Waals surface area contributed by atoms with Crippen LogP contribution in [0.2, 0.25) is 0 Å². The van der Waals surface area contributed by atoms with Gasteiger partial charge in [0.05, 0.1) is 0 Å². The molecule has 0 saturated carbocycles. The fourth-order valence-electron chi connectivity index (χ4n) is 2.14. The van der Waals surface area contributed by atoms with E-state index in [1.54, 1.807) is 0 Å². The van der Waals surface area contributed by atoms with Crippen LogP contribution in [0.25, 0.3) is 0 Å². The fraction of sp³-hybridized carbons (Fsp3) is 0.235. The topological polar surface area (TPSA) is 58.6 Å². The number of hydrogen-bond donors (Lipinski definition) is 2. The third-order valence-corrected chi connectivity index (χ3v) is 3.39. The monoisotopic (exact) mass is 321 g/mol. The quantitative estimate of drug-likeness (QED) is 0.823. The maximum absolute atomic E-state index is 14.2. The Morgan fingerprint density at radius 2 is 1.78 bits per heavy atom. The maximum atomic E-state index is 14.2. The van der Waals surface area contributed by atoms with Gasteiger partial charge >= 0.3 is 5.97 Å². The van der Waals surface area contributed by atoms with Gasteiger partial charge in [0, 0.05) is 5.56 Å². The van der Waals surface area contributed by atoms with Crippen molar-refractivity contribution in [3.8, 4) is 5.75 Å². The molecule has 4 nitrogen and oxygen atoms in total. The molecule has 122 valence electrons. The standard InChI is InChI=1S/C17H17F2NO3/c1-20-15(16(21)22)17(18,19)13-7-9-14(10-8-13)23-11-12-5-3-2-4-6-12/h2-10,15,20H,11H2,1H3,(H,21,22).